The molecule has 4 nitrogen and oxygen atoms in total. The van der Waals surface area contributed by atoms with Gasteiger partial charge in [-0.05, 0) is 27.2 Å². The molecule has 5 heteroatoms. The standard InChI is InChI=1S/C13H22ClN3O/c1-5-10(4)17(6-2)13-8-11(14)15-12(16-13)9-18-7-3/h8,10H,5-7,9H2,1-4H3. The molecule has 0 saturated heterocycles. The molecule has 1 atom stereocenters. The second kappa shape index (κ2) is 7.54. The monoisotopic (exact) mass is 271 g/mol. The molecule has 0 aliphatic rings. The number of halogens is 1. The van der Waals surface area contributed by atoms with E-state index in [0.29, 0.717) is 30.2 Å². The van der Waals surface area contributed by atoms with Gasteiger partial charge in [-0.25, -0.2) is 9.97 Å². The summed E-state index contributed by atoms with van der Waals surface area (Å²) >= 11 is 6.04. The molecule has 0 fully saturated rings. The number of rotatable bonds is 7. The van der Waals surface area contributed by atoms with Crippen molar-refractivity contribution in [3.63, 3.8) is 0 Å². The third-order valence-corrected chi connectivity index (χ3v) is 3.11. The first-order chi connectivity index (χ1) is 8.62. The van der Waals surface area contributed by atoms with Crippen molar-refractivity contribution >= 4 is 17.4 Å². The number of aromatic nitrogens is 2. The maximum atomic E-state index is 6.04. The number of anilines is 1. The molecule has 0 radical (unpaired) electrons. The minimum Gasteiger partial charge on any atom is -0.374 e. The topological polar surface area (TPSA) is 38.2 Å². The summed E-state index contributed by atoms with van der Waals surface area (Å²) in [5.41, 5.74) is 0. The molecule has 1 rings (SSSR count). The smallest absolute Gasteiger partial charge is 0.158 e. The van der Waals surface area contributed by atoms with Crippen LogP contribution in [0.1, 0.15) is 39.9 Å². The van der Waals surface area contributed by atoms with Crippen LogP contribution in [0.25, 0.3) is 0 Å². The highest BCUT2D eigenvalue weighted by Gasteiger charge is 2.14. The van der Waals surface area contributed by atoms with Crippen molar-refractivity contribution < 1.29 is 4.74 Å². The maximum absolute atomic E-state index is 6.04. The minimum atomic E-state index is 0.405. The number of hydrogen-bond donors (Lipinski definition) is 0. The minimum absolute atomic E-state index is 0.405. The van der Waals surface area contributed by atoms with Crippen LogP contribution in [-0.4, -0.2) is 29.2 Å². The van der Waals surface area contributed by atoms with Gasteiger partial charge < -0.3 is 9.64 Å². The van der Waals surface area contributed by atoms with Gasteiger partial charge in [0.2, 0.25) is 0 Å². The highest BCUT2D eigenvalue weighted by Crippen LogP contribution is 2.19. The first kappa shape index (κ1) is 15.2. The fourth-order valence-electron chi connectivity index (χ4n) is 1.78. The largest absolute Gasteiger partial charge is 0.374 e. The van der Waals surface area contributed by atoms with Crippen LogP contribution in [-0.2, 0) is 11.3 Å². The Morgan fingerprint density at radius 1 is 1.33 bits per heavy atom. The van der Waals surface area contributed by atoms with Crippen LogP contribution in [0.5, 0.6) is 0 Å². The first-order valence-electron chi connectivity index (χ1n) is 6.50. The summed E-state index contributed by atoms with van der Waals surface area (Å²) in [5, 5.41) is 0.469. The lowest BCUT2D eigenvalue weighted by atomic mass is 10.2. The molecular weight excluding hydrogens is 250 g/mol. The van der Waals surface area contributed by atoms with Gasteiger partial charge in [0.15, 0.2) is 5.82 Å². The lowest BCUT2D eigenvalue weighted by Gasteiger charge is -2.28. The zero-order valence-electron chi connectivity index (χ0n) is 11.6. The Kier molecular flexibility index (Phi) is 6.36. The average molecular weight is 272 g/mol. The Morgan fingerprint density at radius 2 is 2.06 bits per heavy atom. The molecule has 0 bridgehead atoms. The third kappa shape index (κ3) is 4.10. The predicted octanol–water partition coefficient (Wildman–Crippen LogP) is 3.29. The fourth-order valence-corrected chi connectivity index (χ4v) is 1.97. The molecule has 1 heterocycles. The highest BCUT2D eigenvalue weighted by molar-refractivity contribution is 6.29. The summed E-state index contributed by atoms with van der Waals surface area (Å²) < 4.78 is 5.33. The van der Waals surface area contributed by atoms with Gasteiger partial charge >= 0.3 is 0 Å². The second-order valence-corrected chi connectivity index (χ2v) is 4.53. The van der Waals surface area contributed by atoms with E-state index in [1.807, 2.05) is 13.0 Å². The summed E-state index contributed by atoms with van der Waals surface area (Å²) in [6.45, 7) is 10.4. The van der Waals surface area contributed by atoms with E-state index in [0.717, 1.165) is 18.8 Å². The quantitative estimate of drug-likeness (QED) is 0.714. The van der Waals surface area contributed by atoms with Gasteiger partial charge in [-0.3, -0.25) is 0 Å². The van der Waals surface area contributed by atoms with Crippen molar-refractivity contribution in [2.24, 2.45) is 0 Å². The van der Waals surface area contributed by atoms with Crippen LogP contribution in [0, 0.1) is 0 Å². The molecule has 1 unspecified atom stereocenters. The zero-order chi connectivity index (χ0) is 13.5. The Hall–Kier alpha value is -0.870. The third-order valence-electron chi connectivity index (χ3n) is 2.92. The van der Waals surface area contributed by atoms with Crippen LogP contribution >= 0.6 is 11.6 Å². The normalized spacial score (nSPS) is 12.5. The van der Waals surface area contributed by atoms with Crippen molar-refractivity contribution in [1.29, 1.82) is 0 Å². The van der Waals surface area contributed by atoms with Crippen molar-refractivity contribution in [3.8, 4) is 0 Å². The fraction of sp³-hybridized carbons (Fsp3) is 0.692. The van der Waals surface area contributed by atoms with Crippen molar-refractivity contribution in [1.82, 2.24) is 9.97 Å². The van der Waals surface area contributed by atoms with E-state index in [-0.39, 0.29) is 0 Å². The van der Waals surface area contributed by atoms with E-state index in [1.54, 1.807) is 0 Å². The number of nitrogens with zero attached hydrogens (tertiary/aromatic N) is 3. The lowest BCUT2D eigenvalue weighted by molar-refractivity contribution is 0.128. The van der Waals surface area contributed by atoms with Crippen LogP contribution < -0.4 is 4.90 Å². The van der Waals surface area contributed by atoms with Crippen LogP contribution in [0.2, 0.25) is 5.15 Å². The summed E-state index contributed by atoms with van der Waals surface area (Å²) in [6.07, 6.45) is 1.07. The van der Waals surface area contributed by atoms with Crippen molar-refractivity contribution in [2.45, 2.75) is 46.8 Å². The van der Waals surface area contributed by atoms with Crippen LogP contribution in [0.4, 0.5) is 5.82 Å². The Bertz CT molecular complexity index is 373. The van der Waals surface area contributed by atoms with E-state index in [4.69, 9.17) is 16.3 Å². The van der Waals surface area contributed by atoms with Gasteiger partial charge in [0.25, 0.3) is 0 Å². The molecule has 1 aromatic rings. The Labute approximate surface area is 114 Å². The van der Waals surface area contributed by atoms with Crippen LogP contribution in [0.3, 0.4) is 0 Å². The lowest BCUT2D eigenvalue weighted by Crippen LogP contribution is -2.33. The van der Waals surface area contributed by atoms with Gasteiger partial charge in [-0.1, -0.05) is 18.5 Å². The van der Waals surface area contributed by atoms with Gasteiger partial charge in [-0.2, -0.15) is 0 Å². The molecular formula is C13H22ClN3O. The zero-order valence-corrected chi connectivity index (χ0v) is 12.4. The van der Waals surface area contributed by atoms with E-state index in [9.17, 15) is 0 Å². The molecule has 0 saturated carbocycles. The van der Waals surface area contributed by atoms with Gasteiger partial charge in [-0.15, -0.1) is 0 Å². The van der Waals surface area contributed by atoms with Gasteiger partial charge in [0, 0.05) is 25.3 Å². The highest BCUT2D eigenvalue weighted by atomic mass is 35.5. The summed E-state index contributed by atoms with van der Waals surface area (Å²) in [5.74, 6) is 1.52. The molecule has 0 amide bonds. The molecule has 102 valence electrons. The van der Waals surface area contributed by atoms with Crippen LogP contribution in [0.15, 0.2) is 6.07 Å². The summed E-state index contributed by atoms with van der Waals surface area (Å²) in [6, 6.07) is 2.24. The predicted molar refractivity (Wildman–Crippen MR) is 75.1 cm³/mol. The molecule has 18 heavy (non-hydrogen) atoms. The Balaban J connectivity index is 2.95. The molecule has 0 spiro atoms. The van der Waals surface area contributed by atoms with E-state index in [2.05, 4.69) is 35.6 Å². The summed E-state index contributed by atoms with van der Waals surface area (Å²) in [7, 11) is 0. The van der Waals surface area contributed by atoms with E-state index in [1.165, 1.54) is 0 Å². The Morgan fingerprint density at radius 3 is 2.61 bits per heavy atom. The number of ether oxygens (including phenoxy) is 1. The first-order valence-corrected chi connectivity index (χ1v) is 6.87. The maximum Gasteiger partial charge on any atom is 0.158 e. The molecule has 0 N–H and O–H groups in total. The van der Waals surface area contributed by atoms with Gasteiger partial charge in [0.1, 0.15) is 17.6 Å². The number of hydrogen-bond acceptors (Lipinski definition) is 4. The van der Waals surface area contributed by atoms with Crippen molar-refractivity contribution in [3.05, 3.63) is 17.0 Å². The molecule has 1 aromatic heterocycles. The second-order valence-electron chi connectivity index (χ2n) is 4.15. The summed E-state index contributed by atoms with van der Waals surface area (Å²) in [4.78, 5) is 10.9. The SMILES string of the molecule is CCOCc1nc(Cl)cc(N(CC)C(C)CC)n1. The molecule has 0 aromatic carbocycles. The van der Waals surface area contributed by atoms with Crippen molar-refractivity contribution in [2.75, 3.05) is 18.1 Å². The van der Waals surface area contributed by atoms with Gasteiger partial charge in [0.05, 0.1) is 0 Å². The average Bonchev–Trinajstić information content (AvgIpc) is 2.36. The van der Waals surface area contributed by atoms with E-state index < -0.39 is 0 Å². The molecule has 0 aliphatic heterocycles. The molecule has 0 aliphatic carbocycles. The van der Waals surface area contributed by atoms with E-state index >= 15 is 0 Å².